The van der Waals surface area contributed by atoms with Crippen LogP contribution in [0.1, 0.15) is 35.5 Å². The Balaban J connectivity index is 1.73. The molecule has 0 saturated heterocycles. The van der Waals surface area contributed by atoms with Crippen LogP contribution in [-0.2, 0) is 6.42 Å². The molecule has 6 nitrogen and oxygen atoms in total. The van der Waals surface area contributed by atoms with E-state index in [1.165, 1.54) is 16.9 Å². The van der Waals surface area contributed by atoms with Crippen molar-refractivity contribution in [1.82, 2.24) is 9.97 Å². The summed E-state index contributed by atoms with van der Waals surface area (Å²) in [4.78, 5) is 21.2. The monoisotopic (exact) mass is 403 g/mol. The molecule has 0 atom stereocenters. The molecule has 0 aromatic carbocycles. The Morgan fingerprint density at radius 3 is 2.70 bits per heavy atom. The van der Waals surface area contributed by atoms with E-state index in [-0.39, 0.29) is 12.0 Å². The summed E-state index contributed by atoms with van der Waals surface area (Å²) >= 11 is 3.04. The van der Waals surface area contributed by atoms with Crippen molar-refractivity contribution in [2.24, 2.45) is 0 Å². The van der Waals surface area contributed by atoms with Crippen LogP contribution in [-0.4, -0.2) is 28.6 Å². The predicted octanol–water partition coefficient (Wildman–Crippen LogP) is 4.57. The lowest BCUT2D eigenvalue weighted by Gasteiger charge is -2.12. The maximum Gasteiger partial charge on any atom is 0.257 e. The van der Waals surface area contributed by atoms with E-state index in [1.54, 1.807) is 23.5 Å². The predicted molar refractivity (Wildman–Crippen MR) is 108 cm³/mol. The molecule has 0 saturated carbocycles. The topological polar surface area (TPSA) is 73.3 Å². The minimum Gasteiger partial charge on any atom is -0.477 e. The van der Waals surface area contributed by atoms with Gasteiger partial charge in [-0.05, 0) is 43.2 Å². The van der Waals surface area contributed by atoms with Crippen LogP contribution in [0.15, 0.2) is 34.3 Å². The molecule has 3 heterocycles. The van der Waals surface area contributed by atoms with Crippen LogP contribution in [0.25, 0.3) is 0 Å². The van der Waals surface area contributed by atoms with Crippen molar-refractivity contribution in [3.05, 3.63) is 51.2 Å². The van der Waals surface area contributed by atoms with Gasteiger partial charge >= 0.3 is 0 Å². The Morgan fingerprint density at radius 2 is 2.04 bits per heavy atom. The molecule has 0 aliphatic heterocycles. The number of rotatable bonds is 8. The minimum atomic E-state index is -0.275. The summed E-state index contributed by atoms with van der Waals surface area (Å²) in [6, 6.07) is 5.30. The maximum atomic E-state index is 12.6. The number of anilines is 1. The zero-order chi connectivity index (χ0) is 19.2. The van der Waals surface area contributed by atoms with E-state index in [4.69, 9.17) is 9.47 Å². The van der Waals surface area contributed by atoms with Gasteiger partial charge in [-0.2, -0.15) is 16.3 Å². The summed E-state index contributed by atoms with van der Waals surface area (Å²) < 4.78 is 11.4. The standard InChI is InChI=1S/C19H21N3O3S2/c1-12(2)25-17-9-15(18(23)22-19-20-13(3)10-27-19)8-16(21-17)24-6-4-14-5-7-26-11-14/h5,7-12H,4,6H2,1-3H3,(H,20,22,23). The van der Waals surface area contributed by atoms with Gasteiger partial charge in [-0.15, -0.1) is 11.3 Å². The molecular weight excluding hydrogens is 382 g/mol. The van der Waals surface area contributed by atoms with Gasteiger partial charge in [0.1, 0.15) is 0 Å². The van der Waals surface area contributed by atoms with Gasteiger partial charge in [-0.25, -0.2) is 4.98 Å². The number of thiophene rings is 1. The molecule has 142 valence electrons. The second-order valence-electron chi connectivity index (χ2n) is 6.18. The third-order valence-corrected chi connectivity index (χ3v) is 5.06. The van der Waals surface area contributed by atoms with Crippen LogP contribution in [0, 0.1) is 6.92 Å². The van der Waals surface area contributed by atoms with Crippen molar-refractivity contribution in [3.63, 3.8) is 0 Å². The number of ether oxygens (including phenoxy) is 2. The van der Waals surface area contributed by atoms with E-state index < -0.39 is 0 Å². The third-order valence-electron chi connectivity index (χ3n) is 3.46. The first kappa shape index (κ1) is 19.3. The van der Waals surface area contributed by atoms with E-state index in [0.717, 1.165) is 12.1 Å². The number of nitrogens with zero attached hydrogens (tertiary/aromatic N) is 2. The first-order valence-electron chi connectivity index (χ1n) is 8.55. The maximum absolute atomic E-state index is 12.6. The van der Waals surface area contributed by atoms with Crippen molar-refractivity contribution >= 4 is 33.7 Å². The molecule has 3 rings (SSSR count). The highest BCUT2D eigenvalue weighted by atomic mass is 32.1. The van der Waals surface area contributed by atoms with Gasteiger partial charge in [0.05, 0.1) is 24.0 Å². The van der Waals surface area contributed by atoms with Crippen LogP contribution in [0.5, 0.6) is 11.8 Å². The van der Waals surface area contributed by atoms with E-state index in [2.05, 4.69) is 26.7 Å². The lowest BCUT2D eigenvalue weighted by Crippen LogP contribution is -2.14. The number of nitrogens with one attached hydrogen (secondary N) is 1. The van der Waals surface area contributed by atoms with Crippen molar-refractivity contribution < 1.29 is 14.3 Å². The number of carbonyl (C=O) groups excluding carboxylic acids is 1. The summed E-state index contributed by atoms with van der Waals surface area (Å²) in [6.45, 7) is 6.17. The highest BCUT2D eigenvalue weighted by Crippen LogP contribution is 2.22. The molecule has 27 heavy (non-hydrogen) atoms. The molecule has 3 aromatic rings. The lowest BCUT2D eigenvalue weighted by atomic mass is 10.2. The van der Waals surface area contributed by atoms with Gasteiger partial charge in [0.2, 0.25) is 11.8 Å². The average Bonchev–Trinajstić information content (AvgIpc) is 3.26. The van der Waals surface area contributed by atoms with Crippen LogP contribution in [0.2, 0.25) is 0 Å². The second-order valence-corrected chi connectivity index (χ2v) is 7.82. The molecule has 0 aliphatic rings. The fraction of sp³-hybridized carbons (Fsp3) is 0.316. The molecule has 3 aromatic heterocycles. The van der Waals surface area contributed by atoms with Crippen molar-refractivity contribution in [1.29, 1.82) is 0 Å². The molecule has 8 heteroatoms. The van der Waals surface area contributed by atoms with Crippen LogP contribution < -0.4 is 14.8 Å². The smallest absolute Gasteiger partial charge is 0.257 e. The summed E-state index contributed by atoms with van der Waals surface area (Å²) in [5.74, 6) is 0.449. The third kappa shape index (κ3) is 5.77. The van der Waals surface area contributed by atoms with E-state index in [1.807, 2.05) is 31.5 Å². The highest BCUT2D eigenvalue weighted by molar-refractivity contribution is 7.14. The number of aromatic nitrogens is 2. The molecule has 0 radical (unpaired) electrons. The van der Waals surface area contributed by atoms with Crippen molar-refractivity contribution in [2.45, 2.75) is 33.3 Å². The summed E-state index contributed by atoms with van der Waals surface area (Å²) in [5, 5.41) is 9.36. The van der Waals surface area contributed by atoms with Crippen molar-refractivity contribution in [2.75, 3.05) is 11.9 Å². The number of hydrogen-bond donors (Lipinski definition) is 1. The quantitative estimate of drug-likeness (QED) is 0.596. The molecule has 0 aliphatic carbocycles. The van der Waals surface area contributed by atoms with Gasteiger partial charge in [0.15, 0.2) is 5.13 Å². The highest BCUT2D eigenvalue weighted by Gasteiger charge is 2.14. The van der Waals surface area contributed by atoms with Crippen LogP contribution >= 0.6 is 22.7 Å². The van der Waals surface area contributed by atoms with Crippen molar-refractivity contribution in [3.8, 4) is 11.8 Å². The Kier molecular flexibility index (Phi) is 6.41. The molecule has 1 amide bonds. The summed E-state index contributed by atoms with van der Waals surface area (Å²) in [5.41, 5.74) is 2.50. The number of carbonyl (C=O) groups is 1. The van der Waals surface area contributed by atoms with Gasteiger partial charge in [0.25, 0.3) is 5.91 Å². The Labute approximate surface area is 166 Å². The van der Waals surface area contributed by atoms with E-state index in [9.17, 15) is 4.79 Å². The zero-order valence-electron chi connectivity index (χ0n) is 15.4. The number of aryl methyl sites for hydroxylation is 1. The summed E-state index contributed by atoms with van der Waals surface area (Å²) in [6.07, 6.45) is 0.719. The van der Waals surface area contributed by atoms with Gasteiger partial charge in [-0.3, -0.25) is 10.1 Å². The summed E-state index contributed by atoms with van der Waals surface area (Å²) in [7, 11) is 0. The SMILES string of the molecule is Cc1csc(NC(=O)c2cc(OCCc3ccsc3)nc(OC(C)C)c2)n1. The first-order chi connectivity index (χ1) is 13.0. The lowest BCUT2D eigenvalue weighted by molar-refractivity contribution is 0.102. The molecule has 0 spiro atoms. The van der Waals surface area contributed by atoms with E-state index in [0.29, 0.717) is 29.1 Å². The van der Waals surface area contributed by atoms with Gasteiger partial charge < -0.3 is 9.47 Å². The zero-order valence-corrected chi connectivity index (χ0v) is 17.0. The number of pyridine rings is 1. The Hall–Kier alpha value is -2.45. The largest absolute Gasteiger partial charge is 0.477 e. The Morgan fingerprint density at radius 1 is 1.22 bits per heavy atom. The number of hydrogen-bond acceptors (Lipinski definition) is 7. The molecule has 0 fully saturated rings. The normalized spacial score (nSPS) is 10.8. The number of amides is 1. The van der Waals surface area contributed by atoms with Crippen LogP contribution in [0.3, 0.4) is 0 Å². The minimum absolute atomic E-state index is 0.0592. The Bertz CT molecular complexity index is 892. The average molecular weight is 404 g/mol. The van der Waals surface area contributed by atoms with E-state index >= 15 is 0 Å². The number of thiazole rings is 1. The second kappa shape index (κ2) is 8.96. The fourth-order valence-corrected chi connectivity index (χ4v) is 3.66. The van der Waals surface area contributed by atoms with Gasteiger partial charge in [0, 0.05) is 23.9 Å². The van der Waals surface area contributed by atoms with Crippen LogP contribution in [0.4, 0.5) is 5.13 Å². The fourth-order valence-electron chi connectivity index (χ4n) is 2.28. The molecule has 0 bridgehead atoms. The molecular formula is C19H21N3O3S2. The molecule has 0 unspecified atom stereocenters. The molecule has 1 N–H and O–H groups in total. The first-order valence-corrected chi connectivity index (χ1v) is 10.4. The van der Waals surface area contributed by atoms with Gasteiger partial charge in [-0.1, -0.05) is 0 Å².